The van der Waals surface area contributed by atoms with Gasteiger partial charge in [-0.25, -0.2) is 4.79 Å². The molecule has 1 heterocycles. The molecule has 0 fully saturated rings. The molecular formula is C17H14O4. The normalized spacial score (nSPS) is 11.5. The summed E-state index contributed by atoms with van der Waals surface area (Å²) in [6, 6.07) is 12.4. The minimum Gasteiger partial charge on any atom is -0.457 e. The number of carbonyl (C=O) groups excluding carboxylic acids is 1. The monoisotopic (exact) mass is 282 g/mol. The molecule has 0 spiro atoms. The van der Waals surface area contributed by atoms with Crippen molar-refractivity contribution in [3.8, 4) is 23.0 Å². The first-order valence-electron chi connectivity index (χ1n) is 6.54. The molecule has 106 valence electrons. The zero-order chi connectivity index (χ0) is 14.8. The van der Waals surface area contributed by atoms with E-state index in [0.29, 0.717) is 28.6 Å². The average Bonchev–Trinajstić information content (AvgIpc) is 2.50. The van der Waals surface area contributed by atoms with Crippen molar-refractivity contribution in [3.63, 3.8) is 0 Å². The van der Waals surface area contributed by atoms with Crippen molar-refractivity contribution in [2.45, 2.75) is 6.92 Å². The van der Waals surface area contributed by atoms with Gasteiger partial charge in [-0.05, 0) is 36.8 Å². The van der Waals surface area contributed by atoms with Crippen LogP contribution in [0.25, 0.3) is 0 Å². The maximum atomic E-state index is 12.1. The molecule has 4 nitrogen and oxygen atoms in total. The molecule has 2 aromatic rings. The van der Waals surface area contributed by atoms with E-state index in [1.165, 1.54) is 0 Å². The molecular weight excluding hydrogens is 268 g/mol. The lowest BCUT2D eigenvalue weighted by atomic mass is 10.1. The first-order valence-corrected chi connectivity index (χ1v) is 6.54. The third-order valence-electron chi connectivity index (χ3n) is 2.93. The molecule has 0 N–H and O–H groups in total. The van der Waals surface area contributed by atoms with E-state index in [1.807, 2.05) is 18.2 Å². The van der Waals surface area contributed by atoms with Crippen LogP contribution in [-0.4, -0.2) is 12.6 Å². The van der Waals surface area contributed by atoms with Crippen LogP contribution in [0, 0.1) is 0 Å². The summed E-state index contributed by atoms with van der Waals surface area (Å²) in [5, 5.41) is 0. The Morgan fingerprint density at radius 1 is 1.05 bits per heavy atom. The van der Waals surface area contributed by atoms with Crippen LogP contribution < -0.4 is 9.47 Å². The van der Waals surface area contributed by atoms with Gasteiger partial charge in [0.2, 0.25) is 0 Å². The Kier molecular flexibility index (Phi) is 3.36. The second-order valence-corrected chi connectivity index (χ2v) is 4.82. The largest absolute Gasteiger partial charge is 0.457 e. The Labute approximate surface area is 122 Å². The molecule has 0 amide bonds. The lowest BCUT2D eigenvalue weighted by Crippen LogP contribution is -2.10. The number of ether oxygens (including phenoxy) is 3. The Balaban J connectivity index is 1.92. The van der Waals surface area contributed by atoms with Gasteiger partial charge in [0.25, 0.3) is 0 Å². The van der Waals surface area contributed by atoms with Crippen LogP contribution in [0.15, 0.2) is 54.6 Å². The highest BCUT2D eigenvalue weighted by Gasteiger charge is 2.24. The summed E-state index contributed by atoms with van der Waals surface area (Å²) in [7, 11) is 0. The number of hydrogen-bond acceptors (Lipinski definition) is 4. The number of hydrogen-bond donors (Lipinski definition) is 0. The molecule has 1 aliphatic rings. The third kappa shape index (κ3) is 2.60. The van der Waals surface area contributed by atoms with Crippen molar-refractivity contribution in [2.24, 2.45) is 0 Å². The number of fused-ring (bicyclic) bond motifs is 2. The quantitative estimate of drug-likeness (QED) is 0.530. The summed E-state index contributed by atoms with van der Waals surface area (Å²) < 4.78 is 16.7. The Morgan fingerprint density at radius 3 is 2.43 bits per heavy atom. The van der Waals surface area contributed by atoms with Gasteiger partial charge in [0.1, 0.15) is 12.2 Å². The number of benzene rings is 2. The zero-order valence-electron chi connectivity index (χ0n) is 11.6. The summed E-state index contributed by atoms with van der Waals surface area (Å²) in [6.07, 6.45) is 0. The summed E-state index contributed by atoms with van der Waals surface area (Å²) in [4.78, 5) is 12.1. The van der Waals surface area contributed by atoms with Crippen molar-refractivity contribution in [1.29, 1.82) is 0 Å². The summed E-state index contributed by atoms with van der Waals surface area (Å²) >= 11 is 0. The fraction of sp³-hybridized carbons (Fsp3) is 0.118. The van der Waals surface area contributed by atoms with E-state index in [2.05, 4.69) is 6.58 Å². The highest BCUT2D eigenvalue weighted by atomic mass is 16.6. The fourth-order valence-electron chi connectivity index (χ4n) is 1.98. The van der Waals surface area contributed by atoms with Gasteiger partial charge < -0.3 is 14.2 Å². The molecule has 3 rings (SSSR count). The number of esters is 1. The lowest BCUT2D eigenvalue weighted by molar-refractivity contribution is 0.0536. The van der Waals surface area contributed by atoms with E-state index in [0.717, 1.165) is 5.57 Å². The fourth-order valence-corrected chi connectivity index (χ4v) is 1.98. The average molecular weight is 282 g/mol. The van der Waals surface area contributed by atoms with Crippen LogP contribution in [0.1, 0.15) is 17.3 Å². The van der Waals surface area contributed by atoms with E-state index >= 15 is 0 Å². The van der Waals surface area contributed by atoms with Gasteiger partial charge in [0, 0.05) is 0 Å². The van der Waals surface area contributed by atoms with Crippen molar-refractivity contribution >= 4 is 5.97 Å². The number of carbonyl (C=O) groups is 1. The van der Waals surface area contributed by atoms with Crippen molar-refractivity contribution in [1.82, 2.24) is 0 Å². The molecule has 0 aliphatic carbocycles. The molecule has 0 saturated heterocycles. The van der Waals surface area contributed by atoms with Gasteiger partial charge in [-0.15, -0.1) is 0 Å². The minimum absolute atomic E-state index is 0.181. The molecule has 4 heteroatoms. The SMILES string of the molecule is C=C(C)COC(=O)c1cccc2c1Oc1ccccc1O2. The molecule has 0 unspecified atom stereocenters. The van der Waals surface area contributed by atoms with Gasteiger partial charge >= 0.3 is 5.97 Å². The zero-order valence-corrected chi connectivity index (χ0v) is 11.6. The highest BCUT2D eigenvalue weighted by molar-refractivity contribution is 5.94. The third-order valence-corrected chi connectivity index (χ3v) is 2.93. The summed E-state index contributed by atoms with van der Waals surface area (Å²) in [5.74, 6) is 1.61. The first-order chi connectivity index (χ1) is 10.1. The Bertz CT molecular complexity index is 718. The van der Waals surface area contributed by atoms with Crippen LogP contribution >= 0.6 is 0 Å². The second kappa shape index (κ2) is 5.32. The molecule has 0 saturated carbocycles. The predicted octanol–water partition coefficient (Wildman–Crippen LogP) is 4.32. The summed E-state index contributed by atoms with van der Waals surface area (Å²) in [6.45, 7) is 5.68. The maximum absolute atomic E-state index is 12.1. The summed E-state index contributed by atoms with van der Waals surface area (Å²) in [5.41, 5.74) is 1.11. The second-order valence-electron chi connectivity index (χ2n) is 4.82. The van der Waals surface area contributed by atoms with Crippen molar-refractivity contribution < 1.29 is 19.0 Å². The highest BCUT2D eigenvalue weighted by Crippen LogP contribution is 2.46. The van der Waals surface area contributed by atoms with E-state index in [-0.39, 0.29) is 6.61 Å². The number of rotatable bonds is 3. The van der Waals surface area contributed by atoms with Crippen LogP contribution in [0.4, 0.5) is 0 Å². The Morgan fingerprint density at radius 2 is 1.71 bits per heavy atom. The van der Waals surface area contributed by atoms with Crippen LogP contribution in [-0.2, 0) is 4.74 Å². The molecule has 0 atom stereocenters. The molecule has 0 radical (unpaired) electrons. The number of para-hydroxylation sites is 3. The minimum atomic E-state index is -0.460. The topological polar surface area (TPSA) is 44.8 Å². The van der Waals surface area contributed by atoms with Crippen LogP contribution in [0.5, 0.6) is 23.0 Å². The predicted molar refractivity (Wildman–Crippen MR) is 78.1 cm³/mol. The smallest absolute Gasteiger partial charge is 0.342 e. The van der Waals surface area contributed by atoms with E-state index in [4.69, 9.17) is 14.2 Å². The van der Waals surface area contributed by atoms with Crippen molar-refractivity contribution in [3.05, 3.63) is 60.2 Å². The maximum Gasteiger partial charge on any atom is 0.342 e. The standard InChI is InChI=1S/C17H14O4/c1-11(2)10-19-17(18)12-6-5-9-15-16(12)21-14-8-4-3-7-13(14)20-15/h3-9H,1,10H2,2H3. The van der Waals surface area contributed by atoms with Gasteiger partial charge in [0.05, 0.1) is 0 Å². The molecule has 21 heavy (non-hydrogen) atoms. The van der Waals surface area contributed by atoms with E-state index in [9.17, 15) is 4.79 Å². The molecule has 0 bridgehead atoms. The van der Waals surface area contributed by atoms with E-state index < -0.39 is 5.97 Å². The van der Waals surface area contributed by atoms with Gasteiger partial charge in [-0.2, -0.15) is 0 Å². The lowest BCUT2D eigenvalue weighted by Gasteiger charge is -2.21. The van der Waals surface area contributed by atoms with Crippen LogP contribution in [0.2, 0.25) is 0 Å². The van der Waals surface area contributed by atoms with Crippen molar-refractivity contribution in [2.75, 3.05) is 6.61 Å². The first kappa shape index (κ1) is 13.2. The molecule has 0 aromatic heterocycles. The van der Waals surface area contributed by atoms with Crippen LogP contribution in [0.3, 0.4) is 0 Å². The van der Waals surface area contributed by atoms with Gasteiger partial charge in [0.15, 0.2) is 23.0 Å². The molecule has 1 aliphatic heterocycles. The Hall–Kier alpha value is -2.75. The van der Waals surface area contributed by atoms with Gasteiger partial charge in [-0.1, -0.05) is 24.8 Å². The molecule has 2 aromatic carbocycles. The van der Waals surface area contributed by atoms with Gasteiger partial charge in [-0.3, -0.25) is 0 Å². The van der Waals surface area contributed by atoms with E-state index in [1.54, 1.807) is 31.2 Å².